The quantitative estimate of drug-likeness (QED) is 0.465. The molecule has 5 nitrogen and oxygen atoms in total. The van der Waals surface area contributed by atoms with Gasteiger partial charge < -0.3 is 4.55 Å². The van der Waals surface area contributed by atoms with Gasteiger partial charge in [-0.25, -0.2) is 4.21 Å². The van der Waals surface area contributed by atoms with Crippen molar-refractivity contribution in [3.63, 3.8) is 0 Å². The molecule has 0 saturated carbocycles. The van der Waals surface area contributed by atoms with Crippen LogP contribution in [0.4, 0.5) is 10.1 Å². The molecule has 14 heavy (non-hydrogen) atoms. The minimum atomic E-state index is -2.35. The molecule has 1 atom stereocenters. The molecular formula is C7H6FNO4S. The molecular weight excluding hydrogens is 213 g/mol. The van der Waals surface area contributed by atoms with Crippen LogP contribution in [-0.4, -0.2) is 13.7 Å². The van der Waals surface area contributed by atoms with Crippen molar-refractivity contribution in [2.75, 3.05) is 0 Å². The molecule has 0 aliphatic rings. The van der Waals surface area contributed by atoms with E-state index in [1.165, 1.54) is 6.92 Å². The van der Waals surface area contributed by atoms with Gasteiger partial charge in [-0.05, 0) is 18.6 Å². The van der Waals surface area contributed by atoms with Crippen LogP contribution < -0.4 is 0 Å². The van der Waals surface area contributed by atoms with Gasteiger partial charge in [0.05, 0.1) is 9.82 Å². The summed E-state index contributed by atoms with van der Waals surface area (Å²) in [5, 5.41) is 10.3. The Kier molecular flexibility index (Phi) is 2.92. The summed E-state index contributed by atoms with van der Waals surface area (Å²) in [6, 6.07) is 1.63. The molecule has 0 spiro atoms. The van der Waals surface area contributed by atoms with Crippen LogP contribution in [0.25, 0.3) is 0 Å². The third-order valence-electron chi connectivity index (χ3n) is 1.63. The maximum atomic E-state index is 12.9. The fraction of sp³-hybridized carbons (Fsp3) is 0.143. The highest BCUT2D eigenvalue weighted by atomic mass is 32.2. The topological polar surface area (TPSA) is 80.4 Å². The minimum absolute atomic E-state index is 0.155. The van der Waals surface area contributed by atoms with E-state index in [2.05, 4.69) is 0 Å². The van der Waals surface area contributed by atoms with Crippen molar-refractivity contribution in [1.82, 2.24) is 0 Å². The Morgan fingerprint density at radius 2 is 2.14 bits per heavy atom. The maximum Gasteiger partial charge on any atom is 0.306 e. The largest absolute Gasteiger partial charge is 0.306 e. The first-order valence-electron chi connectivity index (χ1n) is 3.49. The first kappa shape index (κ1) is 10.7. The number of hydrogen-bond acceptors (Lipinski definition) is 3. The summed E-state index contributed by atoms with van der Waals surface area (Å²) >= 11 is -2.35. The third-order valence-corrected chi connectivity index (χ3v) is 2.45. The second-order valence-corrected chi connectivity index (χ2v) is 3.51. The first-order valence-corrected chi connectivity index (χ1v) is 4.59. The maximum absolute atomic E-state index is 12.9. The van der Waals surface area contributed by atoms with Crippen LogP contribution in [0.15, 0.2) is 17.0 Å². The number of nitro benzene ring substituents is 1. The van der Waals surface area contributed by atoms with Gasteiger partial charge in [-0.2, -0.15) is 4.39 Å². The van der Waals surface area contributed by atoms with Gasteiger partial charge in [0.2, 0.25) is 5.82 Å². The zero-order valence-corrected chi connectivity index (χ0v) is 7.88. The highest BCUT2D eigenvalue weighted by Crippen LogP contribution is 2.23. The van der Waals surface area contributed by atoms with Crippen molar-refractivity contribution in [2.45, 2.75) is 11.8 Å². The molecule has 76 valence electrons. The lowest BCUT2D eigenvalue weighted by Crippen LogP contribution is -1.98. The van der Waals surface area contributed by atoms with Crippen molar-refractivity contribution in [1.29, 1.82) is 0 Å². The highest BCUT2D eigenvalue weighted by molar-refractivity contribution is 7.79. The second-order valence-electron chi connectivity index (χ2n) is 2.58. The van der Waals surface area contributed by atoms with Crippen LogP contribution in [0.5, 0.6) is 0 Å². The second kappa shape index (κ2) is 3.81. The summed E-state index contributed by atoms with van der Waals surface area (Å²) in [4.78, 5) is 9.20. The lowest BCUT2D eigenvalue weighted by atomic mass is 10.2. The van der Waals surface area contributed by atoms with Gasteiger partial charge in [0, 0.05) is 6.07 Å². The lowest BCUT2D eigenvalue weighted by molar-refractivity contribution is -0.387. The zero-order valence-electron chi connectivity index (χ0n) is 7.06. The van der Waals surface area contributed by atoms with E-state index in [4.69, 9.17) is 4.55 Å². The van der Waals surface area contributed by atoms with Crippen molar-refractivity contribution >= 4 is 16.8 Å². The van der Waals surface area contributed by atoms with Gasteiger partial charge in [-0.3, -0.25) is 10.1 Å². The molecule has 7 heteroatoms. The van der Waals surface area contributed by atoms with Gasteiger partial charge in [-0.1, -0.05) is 0 Å². The molecule has 1 aromatic rings. The summed E-state index contributed by atoms with van der Waals surface area (Å²) in [5.41, 5.74) is -0.595. The standard InChI is InChI=1S/C7H6FNO4S/c1-4-2-5(8)6(9(10)11)3-7(4)14(12)13/h2-3H,1H3,(H,12,13). The minimum Gasteiger partial charge on any atom is -0.302 e. The van der Waals surface area contributed by atoms with E-state index in [1.54, 1.807) is 0 Å². The Balaban J connectivity index is 3.42. The number of hydrogen-bond donors (Lipinski definition) is 1. The molecule has 0 aliphatic heterocycles. The average Bonchev–Trinajstić information content (AvgIpc) is 2.02. The Labute approximate surface area is 81.0 Å². The molecule has 1 unspecified atom stereocenters. The molecule has 1 rings (SSSR count). The summed E-state index contributed by atoms with van der Waals surface area (Å²) in [6.45, 7) is 1.40. The molecule has 0 radical (unpaired) electrons. The molecule has 1 N–H and O–H groups in total. The summed E-state index contributed by atoms with van der Waals surface area (Å²) in [5.74, 6) is -1.01. The number of benzene rings is 1. The Morgan fingerprint density at radius 1 is 1.57 bits per heavy atom. The number of rotatable bonds is 2. The van der Waals surface area contributed by atoms with Gasteiger partial charge in [0.25, 0.3) is 0 Å². The zero-order chi connectivity index (χ0) is 10.9. The molecule has 0 saturated heterocycles. The fourth-order valence-corrected chi connectivity index (χ4v) is 1.52. The summed E-state index contributed by atoms with van der Waals surface area (Å²) in [7, 11) is 0. The number of aryl methyl sites for hydroxylation is 1. The van der Waals surface area contributed by atoms with Gasteiger partial charge >= 0.3 is 5.69 Å². The molecule has 0 amide bonds. The molecule has 0 bridgehead atoms. The predicted octanol–water partition coefficient (Wildman–Crippen LogP) is 1.62. The van der Waals surface area contributed by atoms with E-state index in [-0.39, 0.29) is 10.5 Å². The van der Waals surface area contributed by atoms with Gasteiger partial charge in [-0.15, -0.1) is 0 Å². The van der Waals surface area contributed by atoms with Crippen molar-refractivity contribution in [2.24, 2.45) is 0 Å². The summed E-state index contributed by atoms with van der Waals surface area (Å²) < 4.78 is 32.3. The van der Waals surface area contributed by atoms with Crippen LogP contribution in [0.3, 0.4) is 0 Å². The molecule has 0 heterocycles. The van der Waals surface area contributed by atoms with Crippen molar-refractivity contribution in [3.8, 4) is 0 Å². The SMILES string of the molecule is Cc1cc(F)c([N+](=O)[O-])cc1S(=O)O. The Hall–Kier alpha value is -1.34. The highest BCUT2D eigenvalue weighted by Gasteiger charge is 2.18. The van der Waals surface area contributed by atoms with Crippen LogP contribution in [-0.2, 0) is 11.1 Å². The smallest absolute Gasteiger partial charge is 0.302 e. The molecule has 0 aliphatic carbocycles. The first-order chi connectivity index (χ1) is 6.43. The van der Waals surface area contributed by atoms with Crippen LogP contribution in [0.1, 0.15) is 5.56 Å². The summed E-state index contributed by atoms with van der Waals surface area (Å²) in [6.07, 6.45) is 0. The van der Waals surface area contributed by atoms with E-state index in [9.17, 15) is 18.7 Å². The van der Waals surface area contributed by atoms with E-state index < -0.39 is 27.5 Å². The van der Waals surface area contributed by atoms with E-state index in [1.807, 2.05) is 0 Å². The lowest BCUT2D eigenvalue weighted by Gasteiger charge is -2.01. The van der Waals surface area contributed by atoms with Crippen molar-refractivity contribution in [3.05, 3.63) is 33.6 Å². The predicted molar refractivity (Wildman–Crippen MR) is 46.8 cm³/mol. The Bertz CT molecular complexity index is 385. The number of nitrogens with zero attached hydrogens (tertiary/aromatic N) is 1. The van der Waals surface area contributed by atoms with E-state index in [0.717, 1.165) is 12.1 Å². The van der Waals surface area contributed by atoms with Gasteiger partial charge in [0.15, 0.2) is 11.1 Å². The van der Waals surface area contributed by atoms with E-state index in [0.29, 0.717) is 0 Å². The molecule has 0 aromatic heterocycles. The molecule has 0 fully saturated rings. The number of halogens is 1. The van der Waals surface area contributed by atoms with Crippen LogP contribution >= 0.6 is 0 Å². The Morgan fingerprint density at radius 3 is 2.57 bits per heavy atom. The van der Waals surface area contributed by atoms with Crippen LogP contribution in [0.2, 0.25) is 0 Å². The third kappa shape index (κ3) is 1.94. The monoisotopic (exact) mass is 219 g/mol. The average molecular weight is 219 g/mol. The fourth-order valence-electron chi connectivity index (χ4n) is 0.970. The van der Waals surface area contributed by atoms with Gasteiger partial charge in [0.1, 0.15) is 0 Å². The van der Waals surface area contributed by atoms with E-state index >= 15 is 0 Å². The number of nitro groups is 1. The van der Waals surface area contributed by atoms with Crippen molar-refractivity contribution < 1.29 is 18.1 Å². The van der Waals surface area contributed by atoms with Crippen LogP contribution in [0, 0.1) is 22.9 Å². The normalized spacial score (nSPS) is 12.5. The molecule has 1 aromatic carbocycles.